The quantitative estimate of drug-likeness (QED) is 0.208. The molecule has 0 atom stereocenters. The Morgan fingerprint density at radius 1 is 1.30 bits per heavy atom. The molecule has 1 N–H and O–H groups in total. The number of hydrogen-bond acceptors (Lipinski definition) is 4. The summed E-state index contributed by atoms with van der Waals surface area (Å²) in [6, 6.07) is 6.49. The van der Waals surface area contributed by atoms with Crippen molar-refractivity contribution in [1.29, 1.82) is 5.26 Å². The maximum Gasteiger partial charge on any atom is 0.276 e. The molecule has 1 aromatic carbocycles. The molecule has 0 bridgehead atoms. The summed E-state index contributed by atoms with van der Waals surface area (Å²) in [5, 5.41) is 11.8. The Hall–Kier alpha value is -3.11. The minimum Gasteiger partial charge on any atom is -0.340 e. The second kappa shape index (κ2) is 15.6. The molecule has 0 unspecified atom stereocenters. The lowest BCUT2D eigenvalue weighted by Gasteiger charge is -2.40. The summed E-state index contributed by atoms with van der Waals surface area (Å²) >= 11 is 0. The van der Waals surface area contributed by atoms with Gasteiger partial charge in [0.05, 0.1) is 18.1 Å². The number of aliphatic imine (C=N–C) groups is 1. The van der Waals surface area contributed by atoms with E-state index in [0.717, 1.165) is 47.9 Å². The second-order valence-corrected chi connectivity index (χ2v) is 11.0. The van der Waals surface area contributed by atoms with Gasteiger partial charge in [0.1, 0.15) is 11.6 Å². The van der Waals surface area contributed by atoms with E-state index in [1.54, 1.807) is 18.3 Å². The van der Waals surface area contributed by atoms with Crippen LogP contribution in [0.15, 0.2) is 70.7 Å². The lowest BCUT2D eigenvalue weighted by atomic mass is 9.89. The van der Waals surface area contributed by atoms with Crippen molar-refractivity contribution in [3.05, 3.63) is 82.6 Å². The molecule has 1 aromatic rings. The standard InChI is InChI=1S/C20H30F3N.C13H15N3/c1-4-5-6-12-24-13-16(14-24)10-11-20(22,23)18-9-7-8-17(15(2)3)19(18)21;1-5-15-13-12(9(2)3)8-11(6-7-14)10(4)16-13/h7-9,15-16H,4-6,10-14H2,1-3H3;5,8,16H,2,4,6H2,1,3H3/b;15-5-. The van der Waals surface area contributed by atoms with Crippen LogP contribution in [-0.4, -0.2) is 30.7 Å². The lowest BCUT2D eigenvalue weighted by molar-refractivity contribution is -0.0320. The number of rotatable bonds is 12. The Morgan fingerprint density at radius 2 is 2.00 bits per heavy atom. The number of likely N-dealkylation sites (tertiary alicyclic amines) is 1. The fourth-order valence-electron chi connectivity index (χ4n) is 4.85. The third-order valence-corrected chi connectivity index (χ3v) is 7.24. The Balaban J connectivity index is 0.000000305. The smallest absolute Gasteiger partial charge is 0.276 e. The van der Waals surface area contributed by atoms with Gasteiger partial charge in [-0.1, -0.05) is 65.0 Å². The van der Waals surface area contributed by atoms with Gasteiger partial charge in [-0.15, -0.1) is 0 Å². The summed E-state index contributed by atoms with van der Waals surface area (Å²) in [6.45, 7) is 20.3. The molecule has 7 heteroatoms. The molecule has 2 aliphatic heterocycles. The van der Waals surface area contributed by atoms with Gasteiger partial charge in [0.15, 0.2) is 0 Å². The van der Waals surface area contributed by atoms with Crippen molar-refractivity contribution < 1.29 is 13.2 Å². The van der Waals surface area contributed by atoms with Gasteiger partial charge < -0.3 is 10.2 Å². The van der Waals surface area contributed by atoms with Crippen molar-refractivity contribution in [3.8, 4) is 6.07 Å². The van der Waals surface area contributed by atoms with Crippen LogP contribution in [0.1, 0.15) is 90.2 Å². The maximum atomic E-state index is 14.5. The number of hydrogen-bond donors (Lipinski definition) is 1. The van der Waals surface area contributed by atoms with Crippen molar-refractivity contribution in [3.63, 3.8) is 0 Å². The van der Waals surface area contributed by atoms with Crippen LogP contribution in [0, 0.1) is 23.1 Å². The van der Waals surface area contributed by atoms with Gasteiger partial charge in [-0.3, -0.25) is 0 Å². The van der Waals surface area contributed by atoms with Gasteiger partial charge in [0, 0.05) is 37.0 Å². The van der Waals surface area contributed by atoms with Crippen LogP contribution >= 0.6 is 0 Å². The first-order valence-corrected chi connectivity index (χ1v) is 14.3. The van der Waals surface area contributed by atoms with Gasteiger partial charge >= 0.3 is 0 Å². The molecule has 2 aliphatic rings. The molecular formula is C33H45F3N4. The third-order valence-electron chi connectivity index (χ3n) is 7.24. The molecule has 0 aliphatic carbocycles. The predicted octanol–water partition coefficient (Wildman–Crippen LogP) is 8.76. The Bertz CT molecular complexity index is 1160. The van der Waals surface area contributed by atoms with Crippen LogP contribution in [-0.2, 0) is 5.92 Å². The summed E-state index contributed by atoms with van der Waals surface area (Å²) in [6.07, 6.45) is 7.78. The summed E-state index contributed by atoms with van der Waals surface area (Å²) in [5.41, 5.74) is 3.39. The van der Waals surface area contributed by atoms with Crippen LogP contribution in [0.5, 0.6) is 0 Å². The van der Waals surface area contributed by atoms with Gasteiger partial charge in [-0.05, 0) is 67.9 Å². The average Bonchev–Trinajstić information content (AvgIpc) is 2.86. The number of dihydropyridines is 1. The van der Waals surface area contributed by atoms with Crippen LogP contribution in [0.2, 0.25) is 0 Å². The molecule has 0 saturated carbocycles. The zero-order chi connectivity index (χ0) is 29.9. The first kappa shape index (κ1) is 33.1. The lowest BCUT2D eigenvalue weighted by Crippen LogP contribution is -2.47. The van der Waals surface area contributed by atoms with E-state index < -0.39 is 17.3 Å². The molecule has 1 fully saturated rings. The first-order chi connectivity index (χ1) is 18.9. The van der Waals surface area contributed by atoms with Crippen molar-refractivity contribution in [2.45, 2.75) is 85.0 Å². The third kappa shape index (κ3) is 9.23. The summed E-state index contributed by atoms with van der Waals surface area (Å²) < 4.78 is 43.3. The normalized spacial score (nSPS) is 16.3. The number of alkyl halides is 2. The van der Waals surface area contributed by atoms with E-state index >= 15 is 0 Å². The number of unbranched alkanes of at least 4 members (excludes halogenated alkanes) is 2. The SMILES string of the molecule is C=C(C)C1=C(/N=C\C)NC(=C)C(CC#N)=C1.CCCCCN1CC(CCC(F)(F)c2cccc(C(C)C)c2F)C1. The molecule has 0 aromatic heterocycles. The number of halogens is 3. The van der Waals surface area contributed by atoms with E-state index in [9.17, 15) is 13.2 Å². The maximum absolute atomic E-state index is 14.5. The number of allylic oxidation sites excluding steroid dienone is 4. The van der Waals surface area contributed by atoms with Crippen molar-refractivity contribution >= 4 is 6.21 Å². The highest BCUT2D eigenvalue weighted by atomic mass is 19.3. The van der Waals surface area contributed by atoms with E-state index in [4.69, 9.17) is 5.26 Å². The molecule has 3 rings (SSSR count). The van der Waals surface area contributed by atoms with Gasteiger partial charge in [0.25, 0.3) is 5.92 Å². The van der Waals surface area contributed by atoms with Gasteiger partial charge in [0.2, 0.25) is 0 Å². The highest BCUT2D eigenvalue weighted by Crippen LogP contribution is 2.38. The van der Waals surface area contributed by atoms with E-state index in [1.165, 1.54) is 25.3 Å². The monoisotopic (exact) mass is 554 g/mol. The largest absolute Gasteiger partial charge is 0.340 e. The van der Waals surface area contributed by atoms with Crippen LogP contribution < -0.4 is 5.32 Å². The minimum atomic E-state index is -3.09. The first-order valence-electron chi connectivity index (χ1n) is 14.3. The minimum absolute atomic E-state index is 0.0935. The highest BCUT2D eigenvalue weighted by molar-refractivity contribution is 5.59. The van der Waals surface area contributed by atoms with Gasteiger partial charge in [-0.25, -0.2) is 18.2 Å². The van der Waals surface area contributed by atoms with Crippen LogP contribution in [0.4, 0.5) is 13.2 Å². The van der Waals surface area contributed by atoms with Crippen molar-refractivity contribution in [2.75, 3.05) is 19.6 Å². The summed E-state index contributed by atoms with van der Waals surface area (Å²) in [5.74, 6) is -2.84. The Morgan fingerprint density at radius 3 is 2.58 bits per heavy atom. The van der Waals surface area contributed by atoms with E-state index in [0.29, 0.717) is 24.3 Å². The number of nitriles is 1. The topological polar surface area (TPSA) is 51.4 Å². The average molecular weight is 555 g/mol. The van der Waals surface area contributed by atoms with Crippen LogP contribution in [0.25, 0.3) is 0 Å². The molecule has 218 valence electrons. The number of benzene rings is 1. The molecule has 0 radical (unpaired) electrons. The summed E-state index contributed by atoms with van der Waals surface area (Å²) in [4.78, 5) is 6.56. The molecule has 2 heterocycles. The Kier molecular flexibility index (Phi) is 12.9. The summed E-state index contributed by atoms with van der Waals surface area (Å²) in [7, 11) is 0. The van der Waals surface area contributed by atoms with E-state index in [1.807, 2.05) is 33.8 Å². The fraction of sp³-hybridized carbons (Fsp3) is 0.515. The molecule has 0 spiro atoms. The van der Waals surface area contributed by atoms with Gasteiger partial charge in [-0.2, -0.15) is 5.26 Å². The van der Waals surface area contributed by atoms with Crippen LogP contribution in [0.3, 0.4) is 0 Å². The molecule has 40 heavy (non-hydrogen) atoms. The highest BCUT2D eigenvalue weighted by Gasteiger charge is 2.37. The fourth-order valence-corrected chi connectivity index (χ4v) is 4.85. The molecular weight excluding hydrogens is 509 g/mol. The van der Waals surface area contributed by atoms with Crippen molar-refractivity contribution in [2.24, 2.45) is 10.9 Å². The predicted molar refractivity (Wildman–Crippen MR) is 160 cm³/mol. The number of nitrogens with zero attached hydrogens (tertiary/aromatic N) is 3. The molecule has 0 amide bonds. The number of nitrogens with one attached hydrogen (secondary N) is 1. The zero-order valence-electron chi connectivity index (χ0n) is 24.8. The second-order valence-electron chi connectivity index (χ2n) is 11.0. The zero-order valence-corrected chi connectivity index (χ0v) is 24.8. The van der Waals surface area contributed by atoms with E-state index in [2.05, 4.69) is 41.4 Å². The van der Waals surface area contributed by atoms with Crippen molar-refractivity contribution in [1.82, 2.24) is 10.2 Å². The van der Waals surface area contributed by atoms with E-state index in [-0.39, 0.29) is 12.3 Å². The molecule has 4 nitrogen and oxygen atoms in total. The Labute approximate surface area is 239 Å². The molecule has 1 saturated heterocycles.